The predicted octanol–water partition coefficient (Wildman–Crippen LogP) is 5.62. The van der Waals surface area contributed by atoms with E-state index in [4.69, 9.17) is 4.98 Å². The van der Waals surface area contributed by atoms with Crippen molar-refractivity contribution in [3.8, 4) is 0 Å². The SMILES string of the molecule is CC(C)C1CCC(C)C(n2c(=O)ccc3cnc(N(c4ccccc4)c4cn[nH]c4)nc32)C1. The first-order valence-corrected chi connectivity index (χ1v) is 11.7. The van der Waals surface area contributed by atoms with Crippen molar-refractivity contribution in [1.29, 1.82) is 0 Å². The zero-order valence-electron chi connectivity index (χ0n) is 19.3. The Bertz CT molecular complexity index is 1280. The standard InChI is InChI=1S/C26H30N6O/c1-17(2)19-10-9-18(3)23(13-19)32-24(33)12-11-20-14-27-26(30-25(20)32)31(22-15-28-29-16-22)21-7-5-4-6-8-21/h4-8,11-12,14-19,23H,9-10,13H2,1-3H3,(H,28,29). The molecule has 33 heavy (non-hydrogen) atoms. The van der Waals surface area contributed by atoms with Crippen LogP contribution in [0.15, 0.2) is 65.8 Å². The third-order valence-electron chi connectivity index (χ3n) is 7.08. The van der Waals surface area contributed by atoms with Gasteiger partial charge in [-0.1, -0.05) is 39.0 Å². The first-order valence-electron chi connectivity index (χ1n) is 11.7. The fraction of sp³-hybridized carbons (Fsp3) is 0.385. The molecule has 0 radical (unpaired) electrons. The highest BCUT2D eigenvalue weighted by molar-refractivity contribution is 5.78. The molecule has 3 heterocycles. The highest BCUT2D eigenvalue weighted by Gasteiger charge is 2.32. The summed E-state index contributed by atoms with van der Waals surface area (Å²) in [6.45, 7) is 6.83. The highest BCUT2D eigenvalue weighted by atomic mass is 16.1. The molecule has 0 spiro atoms. The summed E-state index contributed by atoms with van der Waals surface area (Å²) in [7, 11) is 0. The average Bonchev–Trinajstić information content (AvgIpc) is 3.35. The minimum atomic E-state index is 0.00276. The summed E-state index contributed by atoms with van der Waals surface area (Å²) in [5.41, 5.74) is 2.45. The third-order valence-corrected chi connectivity index (χ3v) is 7.08. The second-order valence-corrected chi connectivity index (χ2v) is 9.48. The maximum atomic E-state index is 13.2. The number of benzene rings is 1. The normalized spacial score (nSPS) is 20.9. The van der Waals surface area contributed by atoms with Crippen molar-refractivity contribution in [3.63, 3.8) is 0 Å². The van der Waals surface area contributed by atoms with Gasteiger partial charge in [0, 0.05) is 35.6 Å². The summed E-state index contributed by atoms with van der Waals surface area (Å²) in [6.07, 6.45) is 8.72. The number of fused-ring (bicyclic) bond motifs is 1. The molecule has 7 nitrogen and oxygen atoms in total. The molecule has 0 aliphatic heterocycles. The van der Waals surface area contributed by atoms with Crippen LogP contribution >= 0.6 is 0 Å². The van der Waals surface area contributed by atoms with Crippen LogP contribution < -0.4 is 10.5 Å². The number of nitrogens with zero attached hydrogens (tertiary/aromatic N) is 5. The second kappa shape index (κ2) is 8.81. The zero-order valence-corrected chi connectivity index (χ0v) is 19.3. The van der Waals surface area contributed by atoms with Gasteiger partial charge in [-0.2, -0.15) is 10.1 Å². The minimum absolute atomic E-state index is 0.00276. The van der Waals surface area contributed by atoms with Gasteiger partial charge in [-0.05, 0) is 55.2 Å². The van der Waals surface area contributed by atoms with Crippen molar-refractivity contribution in [3.05, 3.63) is 71.4 Å². The summed E-state index contributed by atoms with van der Waals surface area (Å²) in [4.78, 5) is 24.8. The quantitative estimate of drug-likeness (QED) is 0.434. The van der Waals surface area contributed by atoms with Crippen molar-refractivity contribution in [2.45, 2.75) is 46.1 Å². The van der Waals surface area contributed by atoms with Crippen LogP contribution in [0.2, 0.25) is 0 Å². The fourth-order valence-electron chi connectivity index (χ4n) is 5.08. The molecule has 1 aromatic carbocycles. The van der Waals surface area contributed by atoms with Crippen LogP contribution in [0.1, 0.15) is 46.1 Å². The number of aromatic nitrogens is 5. The molecule has 0 bridgehead atoms. The smallest absolute Gasteiger partial charge is 0.252 e. The molecule has 4 aromatic rings. The van der Waals surface area contributed by atoms with Gasteiger partial charge in [0.05, 0.1) is 11.9 Å². The van der Waals surface area contributed by atoms with Gasteiger partial charge in [-0.15, -0.1) is 0 Å². The Morgan fingerprint density at radius 1 is 1.06 bits per heavy atom. The Morgan fingerprint density at radius 2 is 1.88 bits per heavy atom. The highest BCUT2D eigenvalue weighted by Crippen LogP contribution is 2.40. The van der Waals surface area contributed by atoms with Crippen LogP contribution in [0.5, 0.6) is 0 Å². The largest absolute Gasteiger partial charge is 0.289 e. The maximum Gasteiger partial charge on any atom is 0.252 e. The van der Waals surface area contributed by atoms with Crippen LogP contribution in [0, 0.1) is 17.8 Å². The van der Waals surface area contributed by atoms with Crippen LogP contribution in [-0.2, 0) is 0 Å². The summed E-state index contributed by atoms with van der Waals surface area (Å²) >= 11 is 0. The van der Waals surface area contributed by atoms with Crippen molar-refractivity contribution >= 4 is 28.4 Å². The van der Waals surface area contributed by atoms with Gasteiger partial charge in [-0.25, -0.2) is 4.98 Å². The van der Waals surface area contributed by atoms with E-state index in [1.54, 1.807) is 12.3 Å². The Kier molecular flexibility index (Phi) is 5.70. The van der Waals surface area contributed by atoms with Gasteiger partial charge in [0.25, 0.3) is 5.56 Å². The lowest BCUT2D eigenvalue weighted by Crippen LogP contribution is -2.34. The van der Waals surface area contributed by atoms with E-state index in [0.29, 0.717) is 29.3 Å². The van der Waals surface area contributed by atoms with E-state index >= 15 is 0 Å². The van der Waals surface area contributed by atoms with Crippen LogP contribution in [0.3, 0.4) is 0 Å². The van der Waals surface area contributed by atoms with Gasteiger partial charge in [0.1, 0.15) is 5.65 Å². The fourth-order valence-corrected chi connectivity index (χ4v) is 5.08. The van der Waals surface area contributed by atoms with Gasteiger partial charge < -0.3 is 0 Å². The molecule has 0 amide bonds. The molecule has 1 saturated carbocycles. The van der Waals surface area contributed by atoms with E-state index in [0.717, 1.165) is 29.6 Å². The first-order chi connectivity index (χ1) is 16.0. The number of aromatic amines is 1. The molecule has 5 rings (SSSR count). The van der Waals surface area contributed by atoms with Gasteiger partial charge in [0.15, 0.2) is 0 Å². The first kappa shape index (κ1) is 21.4. The molecule has 1 aliphatic rings. The molecule has 170 valence electrons. The van der Waals surface area contributed by atoms with E-state index in [1.807, 2.05) is 58.3 Å². The molecule has 7 heteroatoms. The van der Waals surface area contributed by atoms with Crippen molar-refractivity contribution in [2.75, 3.05) is 4.90 Å². The minimum Gasteiger partial charge on any atom is -0.289 e. The zero-order chi connectivity index (χ0) is 22.9. The van der Waals surface area contributed by atoms with E-state index in [2.05, 4.69) is 36.0 Å². The molecule has 3 unspecified atom stereocenters. The molecule has 1 aliphatic carbocycles. The Balaban J connectivity index is 1.67. The van der Waals surface area contributed by atoms with E-state index in [1.165, 1.54) is 6.42 Å². The summed E-state index contributed by atoms with van der Waals surface area (Å²) < 4.78 is 1.93. The topological polar surface area (TPSA) is 79.7 Å². The van der Waals surface area contributed by atoms with Crippen molar-refractivity contribution in [1.82, 2.24) is 24.7 Å². The summed E-state index contributed by atoms with van der Waals surface area (Å²) in [6, 6.07) is 13.6. The molecule has 0 saturated heterocycles. The lowest BCUT2D eigenvalue weighted by Gasteiger charge is -2.37. The van der Waals surface area contributed by atoms with Gasteiger partial charge >= 0.3 is 0 Å². The number of hydrogen-bond donors (Lipinski definition) is 1. The number of hydrogen-bond acceptors (Lipinski definition) is 5. The lowest BCUT2D eigenvalue weighted by molar-refractivity contribution is 0.162. The molecule has 3 atom stereocenters. The van der Waals surface area contributed by atoms with Gasteiger partial charge in [-0.3, -0.25) is 19.4 Å². The third kappa shape index (κ3) is 4.03. The monoisotopic (exact) mass is 442 g/mol. The van der Waals surface area contributed by atoms with Crippen LogP contribution in [0.4, 0.5) is 17.3 Å². The Hall–Kier alpha value is -3.48. The number of nitrogens with one attached hydrogen (secondary N) is 1. The van der Waals surface area contributed by atoms with Crippen LogP contribution in [-0.4, -0.2) is 24.7 Å². The number of anilines is 3. The number of rotatable bonds is 5. The number of pyridine rings is 1. The molecular formula is C26H30N6O. The van der Waals surface area contributed by atoms with Crippen molar-refractivity contribution < 1.29 is 0 Å². The summed E-state index contributed by atoms with van der Waals surface area (Å²) in [5, 5.41) is 7.87. The van der Waals surface area contributed by atoms with E-state index in [-0.39, 0.29) is 11.6 Å². The number of H-pyrrole nitrogens is 1. The average molecular weight is 443 g/mol. The maximum absolute atomic E-state index is 13.2. The van der Waals surface area contributed by atoms with Crippen molar-refractivity contribution in [2.24, 2.45) is 17.8 Å². The second-order valence-electron chi connectivity index (χ2n) is 9.48. The Labute approximate surface area is 193 Å². The predicted molar refractivity (Wildman–Crippen MR) is 131 cm³/mol. The summed E-state index contributed by atoms with van der Waals surface area (Å²) in [5.74, 6) is 2.14. The molecule has 3 aromatic heterocycles. The van der Waals surface area contributed by atoms with Crippen LogP contribution in [0.25, 0.3) is 11.0 Å². The molecule has 1 N–H and O–H groups in total. The van der Waals surface area contributed by atoms with E-state index in [9.17, 15) is 4.79 Å². The Morgan fingerprint density at radius 3 is 2.61 bits per heavy atom. The van der Waals surface area contributed by atoms with E-state index < -0.39 is 0 Å². The lowest BCUT2D eigenvalue weighted by atomic mass is 9.74. The van der Waals surface area contributed by atoms with Gasteiger partial charge in [0.2, 0.25) is 5.95 Å². The molecule has 1 fully saturated rings. The molecular weight excluding hydrogens is 412 g/mol. The number of para-hydroxylation sites is 1.